The molecule has 1 aliphatic rings. The van der Waals surface area contributed by atoms with Gasteiger partial charge in [0.25, 0.3) is 5.91 Å². The lowest BCUT2D eigenvalue weighted by atomic mass is 9.79. The van der Waals surface area contributed by atoms with E-state index in [0.717, 1.165) is 23.6 Å². The van der Waals surface area contributed by atoms with Gasteiger partial charge < -0.3 is 10.2 Å². The number of carbonyl (C=O) groups excluding carboxylic acids is 1. The van der Waals surface area contributed by atoms with Crippen molar-refractivity contribution in [3.8, 4) is 5.69 Å². The molecule has 0 aliphatic carbocycles. The smallest absolute Gasteiger partial charge is 0.334 e. The standard InChI is InChI=1S/C26H35F3N4O2/c1-7-8-13-32(18-15-24(3,4)31-25(5,6)16-18)23(35)22-21(34)14-17(2)33(30-22)20-12-10-9-11-19(20)26(27,28)29/h9-12,14,18,31H,7-8,13,15-16H2,1-6H3. The Bertz CT molecular complexity index is 1120. The number of hydrogen-bond donors (Lipinski definition) is 1. The molecule has 1 fully saturated rings. The molecule has 1 N–H and O–H groups in total. The molecule has 0 atom stereocenters. The van der Waals surface area contributed by atoms with Crippen LogP contribution in [-0.4, -0.2) is 44.3 Å². The SMILES string of the molecule is CCCCN(C(=O)c1nn(-c2ccccc2C(F)(F)F)c(C)cc1=O)C1CC(C)(C)NC(C)(C)C1. The second-order valence-corrected chi connectivity index (χ2v) is 10.7. The molecule has 1 amide bonds. The summed E-state index contributed by atoms with van der Waals surface area (Å²) >= 11 is 0. The minimum absolute atomic E-state index is 0.140. The molecule has 1 aromatic carbocycles. The van der Waals surface area contributed by atoms with Crippen LogP contribution in [0.25, 0.3) is 5.69 Å². The van der Waals surface area contributed by atoms with Crippen molar-refractivity contribution in [2.75, 3.05) is 6.54 Å². The van der Waals surface area contributed by atoms with Gasteiger partial charge in [-0.25, -0.2) is 4.68 Å². The van der Waals surface area contributed by atoms with Gasteiger partial charge in [-0.05, 0) is 66.0 Å². The first kappa shape index (κ1) is 26.9. The van der Waals surface area contributed by atoms with Gasteiger partial charge in [0.1, 0.15) is 0 Å². The van der Waals surface area contributed by atoms with Gasteiger partial charge in [0, 0.05) is 35.4 Å². The summed E-state index contributed by atoms with van der Waals surface area (Å²) in [4.78, 5) is 28.4. The van der Waals surface area contributed by atoms with Crippen molar-refractivity contribution in [3.05, 3.63) is 57.5 Å². The van der Waals surface area contributed by atoms with E-state index >= 15 is 0 Å². The van der Waals surface area contributed by atoms with Crippen LogP contribution in [0.4, 0.5) is 13.2 Å². The number of benzene rings is 1. The molecule has 1 aliphatic heterocycles. The molecule has 192 valence electrons. The van der Waals surface area contributed by atoms with Crippen LogP contribution in [0, 0.1) is 6.92 Å². The fraction of sp³-hybridized carbons (Fsp3) is 0.577. The van der Waals surface area contributed by atoms with E-state index in [1.807, 2.05) is 6.92 Å². The van der Waals surface area contributed by atoms with Gasteiger partial charge in [-0.2, -0.15) is 18.3 Å². The van der Waals surface area contributed by atoms with E-state index in [9.17, 15) is 22.8 Å². The molecule has 0 spiro atoms. The molecule has 2 aromatic rings. The number of amides is 1. The van der Waals surface area contributed by atoms with Crippen molar-refractivity contribution in [1.82, 2.24) is 20.0 Å². The highest BCUT2D eigenvalue weighted by molar-refractivity contribution is 5.92. The number of aryl methyl sites for hydroxylation is 1. The summed E-state index contributed by atoms with van der Waals surface area (Å²) in [7, 11) is 0. The Morgan fingerprint density at radius 3 is 2.34 bits per heavy atom. The molecule has 9 heteroatoms. The van der Waals surface area contributed by atoms with Gasteiger partial charge in [-0.3, -0.25) is 9.59 Å². The highest BCUT2D eigenvalue weighted by Crippen LogP contribution is 2.34. The van der Waals surface area contributed by atoms with Crippen LogP contribution in [-0.2, 0) is 6.18 Å². The van der Waals surface area contributed by atoms with Gasteiger partial charge >= 0.3 is 6.18 Å². The van der Waals surface area contributed by atoms with Crippen LogP contribution >= 0.6 is 0 Å². The lowest BCUT2D eigenvalue weighted by Gasteiger charge is -2.49. The maximum atomic E-state index is 13.8. The Morgan fingerprint density at radius 1 is 1.17 bits per heavy atom. The molecule has 0 radical (unpaired) electrons. The topological polar surface area (TPSA) is 67.2 Å². The van der Waals surface area contributed by atoms with Gasteiger partial charge in [-0.1, -0.05) is 25.5 Å². The number of hydrogen-bond acceptors (Lipinski definition) is 4. The molecule has 1 saturated heterocycles. The average molecular weight is 493 g/mol. The average Bonchev–Trinajstić information content (AvgIpc) is 2.71. The maximum absolute atomic E-state index is 13.8. The molecule has 2 heterocycles. The minimum Gasteiger partial charge on any atom is -0.334 e. The van der Waals surface area contributed by atoms with E-state index in [1.165, 1.54) is 31.2 Å². The third kappa shape index (κ3) is 6.12. The van der Waals surface area contributed by atoms with Crippen molar-refractivity contribution in [2.45, 2.75) is 90.5 Å². The van der Waals surface area contributed by atoms with Crippen LogP contribution in [0.1, 0.15) is 82.0 Å². The fourth-order valence-electron chi connectivity index (χ4n) is 5.24. The summed E-state index contributed by atoms with van der Waals surface area (Å²) in [6.45, 7) is 12.3. The quantitative estimate of drug-likeness (QED) is 0.609. The summed E-state index contributed by atoms with van der Waals surface area (Å²) in [6, 6.07) is 6.05. The number of halogens is 3. The van der Waals surface area contributed by atoms with Crippen LogP contribution in [0.15, 0.2) is 35.1 Å². The second-order valence-electron chi connectivity index (χ2n) is 10.7. The molecular weight excluding hydrogens is 457 g/mol. The summed E-state index contributed by atoms with van der Waals surface area (Å²) in [5.74, 6) is -0.541. The molecule has 0 saturated carbocycles. The number of piperidine rings is 1. The molecule has 1 aromatic heterocycles. The third-order valence-corrected chi connectivity index (χ3v) is 6.37. The number of alkyl halides is 3. The van der Waals surface area contributed by atoms with Crippen LogP contribution in [0.5, 0.6) is 0 Å². The van der Waals surface area contributed by atoms with Gasteiger partial charge in [-0.15, -0.1) is 0 Å². The normalized spacial score (nSPS) is 17.9. The first-order chi connectivity index (χ1) is 16.1. The van der Waals surface area contributed by atoms with E-state index in [1.54, 1.807) is 4.90 Å². The first-order valence-electron chi connectivity index (χ1n) is 12.0. The number of carbonyl (C=O) groups is 1. The van der Waals surface area contributed by atoms with Gasteiger partial charge in [0.2, 0.25) is 5.43 Å². The van der Waals surface area contributed by atoms with Crippen molar-refractivity contribution in [3.63, 3.8) is 0 Å². The number of aromatic nitrogens is 2. The molecule has 3 rings (SSSR count). The zero-order chi connectivity index (χ0) is 26.2. The summed E-state index contributed by atoms with van der Waals surface area (Å²) < 4.78 is 42.1. The molecule has 0 unspecified atom stereocenters. The number of para-hydroxylation sites is 1. The van der Waals surface area contributed by atoms with Gasteiger partial charge in [0.05, 0.1) is 11.3 Å². The third-order valence-electron chi connectivity index (χ3n) is 6.37. The number of rotatable bonds is 6. The lowest BCUT2D eigenvalue weighted by molar-refractivity contribution is -0.137. The molecule has 35 heavy (non-hydrogen) atoms. The molecular formula is C26H35F3N4O2. The van der Waals surface area contributed by atoms with E-state index in [0.29, 0.717) is 19.4 Å². The monoisotopic (exact) mass is 492 g/mol. The fourth-order valence-corrected chi connectivity index (χ4v) is 5.24. The summed E-state index contributed by atoms with van der Waals surface area (Å²) in [5, 5.41) is 7.81. The molecule has 0 bridgehead atoms. The van der Waals surface area contributed by atoms with Gasteiger partial charge in [0.15, 0.2) is 5.69 Å². The van der Waals surface area contributed by atoms with Crippen LogP contribution in [0.3, 0.4) is 0 Å². The zero-order valence-electron chi connectivity index (χ0n) is 21.3. The Kier molecular flexibility index (Phi) is 7.50. The maximum Gasteiger partial charge on any atom is 0.418 e. The predicted octanol–water partition coefficient (Wildman–Crippen LogP) is 5.11. The Morgan fingerprint density at radius 2 is 1.77 bits per heavy atom. The Labute approximate surface area is 204 Å². The van der Waals surface area contributed by atoms with Crippen molar-refractivity contribution < 1.29 is 18.0 Å². The summed E-state index contributed by atoms with van der Waals surface area (Å²) in [5.41, 5.74) is -2.32. The predicted molar refractivity (Wildman–Crippen MR) is 130 cm³/mol. The second kappa shape index (κ2) is 9.76. The van der Waals surface area contributed by atoms with Crippen LogP contribution in [0.2, 0.25) is 0 Å². The van der Waals surface area contributed by atoms with Crippen molar-refractivity contribution in [2.24, 2.45) is 0 Å². The van der Waals surface area contributed by atoms with Crippen molar-refractivity contribution in [1.29, 1.82) is 0 Å². The zero-order valence-corrected chi connectivity index (χ0v) is 21.3. The largest absolute Gasteiger partial charge is 0.418 e. The van der Waals surface area contributed by atoms with E-state index in [4.69, 9.17) is 0 Å². The Balaban J connectivity index is 2.10. The van der Waals surface area contributed by atoms with Crippen LogP contribution < -0.4 is 10.7 Å². The number of nitrogens with one attached hydrogen (secondary N) is 1. The van der Waals surface area contributed by atoms with E-state index in [2.05, 4.69) is 38.1 Å². The van der Waals surface area contributed by atoms with E-state index in [-0.39, 0.29) is 34.2 Å². The number of nitrogens with zero attached hydrogens (tertiary/aromatic N) is 3. The first-order valence-corrected chi connectivity index (χ1v) is 12.0. The highest BCUT2D eigenvalue weighted by atomic mass is 19.4. The number of unbranched alkanes of at least 4 members (excludes halogenated alkanes) is 1. The minimum atomic E-state index is -4.61. The molecule has 6 nitrogen and oxygen atoms in total. The highest BCUT2D eigenvalue weighted by Gasteiger charge is 2.42. The lowest BCUT2D eigenvalue weighted by Crippen LogP contribution is -2.63. The Hall–Kier alpha value is -2.68. The van der Waals surface area contributed by atoms with E-state index < -0.39 is 23.1 Å². The van der Waals surface area contributed by atoms with Crippen molar-refractivity contribution >= 4 is 5.91 Å². The summed E-state index contributed by atoms with van der Waals surface area (Å²) in [6.07, 6.45) is -1.65.